The van der Waals surface area contributed by atoms with Crippen LogP contribution >= 0.6 is 0 Å². The van der Waals surface area contributed by atoms with E-state index in [0.717, 1.165) is 154 Å². The predicted octanol–water partition coefficient (Wildman–Crippen LogP) is 23.7. The maximum Gasteiger partial charge on any atom is 0.306 e. The summed E-state index contributed by atoms with van der Waals surface area (Å²) in [7, 11) is 0. The molecule has 0 rings (SSSR count). The summed E-state index contributed by atoms with van der Waals surface area (Å²) in [5, 5.41) is 0. The summed E-state index contributed by atoms with van der Waals surface area (Å²) >= 11 is 0. The molecule has 0 amide bonds. The van der Waals surface area contributed by atoms with E-state index in [-0.39, 0.29) is 31.1 Å². The maximum atomic E-state index is 12.9. The Balaban J connectivity index is 4.17. The summed E-state index contributed by atoms with van der Waals surface area (Å²) in [6.07, 6.45) is 101. The first-order valence-corrected chi connectivity index (χ1v) is 34.0. The third kappa shape index (κ3) is 67.7. The lowest BCUT2D eigenvalue weighted by molar-refractivity contribution is -0.167. The summed E-state index contributed by atoms with van der Waals surface area (Å²) < 4.78 is 16.8. The molecule has 468 valence electrons. The first-order valence-electron chi connectivity index (χ1n) is 34.0. The molecule has 0 aliphatic rings. The third-order valence-corrected chi connectivity index (χ3v) is 14.0. The Kier molecular flexibility index (Phi) is 65.4. The minimum atomic E-state index is -0.792. The second-order valence-electron chi connectivity index (χ2n) is 22.0. The molecule has 0 radical (unpaired) electrons. The number of esters is 3. The number of carbonyl (C=O) groups excluding carboxylic acids is 3. The SMILES string of the molecule is CC/C=C\C/C=C\C/C=C\C/C=C\C/C=C\C/C=C\C/C=C\CCCCCCCCCCCCCC(=O)OCC(COC(=O)CCCCCCCCC)OC(=O)CCCCCCCC/C=C\C/C=C\C/C=C\C/C=C\C/C=C\C/C=C\CC. The third-order valence-electron chi connectivity index (χ3n) is 14.0. The molecule has 0 aliphatic heterocycles. The maximum absolute atomic E-state index is 12.9. The van der Waals surface area contributed by atoms with Gasteiger partial charge in [0.05, 0.1) is 0 Å². The number of rotatable bonds is 60. The van der Waals surface area contributed by atoms with Gasteiger partial charge in [0.15, 0.2) is 6.10 Å². The van der Waals surface area contributed by atoms with Gasteiger partial charge in [0.25, 0.3) is 0 Å². The van der Waals surface area contributed by atoms with Crippen molar-refractivity contribution >= 4 is 17.9 Å². The van der Waals surface area contributed by atoms with Gasteiger partial charge in [0.1, 0.15) is 13.2 Å². The first-order chi connectivity index (χ1) is 41.0. The molecule has 6 heteroatoms. The Morgan fingerprint density at radius 3 is 0.735 bits per heavy atom. The zero-order valence-corrected chi connectivity index (χ0v) is 53.7. The molecular weight excluding hydrogens is 1020 g/mol. The Labute approximate surface area is 511 Å². The minimum absolute atomic E-state index is 0.0885. The van der Waals surface area contributed by atoms with Crippen LogP contribution in [0.3, 0.4) is 0 Å². The molecular formula is C77H124O6. The predicted molar refractivity (Wildman–Crippen MR) is 362 cm³/mol. The molecule has 1 unspecified atom stereocenters. The van der Waals surface area contributed by atoms with Crippen molar-refractivity contribution in [3.63, 3.8) is 0 Å². The topological polar surface area (TPSA) is 78.9 Å². The lowest BCUT2D eigenvalue weighted by atomic mass is 10.0. The minimum Gasteiger partial charge on any atom is -0.462 e. The molecule has 0 heterocycles. The fourth-order valence-corrected chi connectivity index (χ4v) is 9.01. The zero-order valence-electron chi connectivity index (χ0n) is 53.7. The summed E-state index contributed by atoms with van der Waals surface area (Å²) in [6.45, 7) is 6.36. The Morgan fingerprint density at radius 2 is 0.470 bits per heavy atom. The lowest BCUT2D eigenvalue weighted by Gasteiger charge is -2.18. The van der Waals surface area contributed by atoms with E-state index in [4.69, 9.17) is 14.2 Å². The van der Waals surface area contributed by atoms with E-state index in [2.05, 4.69) is 179 Å². The molecule has 0 saturated carbocycles. The smallest absolute Gasteiger partial charge is 0.306 e. The van der Waals surface area contributed by atoms with E-state index in [1.165, 1.54) is 96.3 Å². The lowest BCUT2D eigenvalue weighted by Crippen LogP contribution is -2.30. The van der Waals surface area contributed by atoms with Gasteiger partial charge in [0, 0.05) is 19.3 Å². The Hall–Kier alpha value is -4.97. The van der Waals surface area contributed by atoms with Gasteiger partial charge in [-0.2, -0.15) is 0 Å². The van der Waals surface area contributed by atoms with Crippen LogP contribution in [0.15, 0.2) is 158 Å². The normalized spacial score (nSPS) is 13.1. The number of carbonyl (C=O) groups is 3. The second kappa shape index (κ2) is 69.5. The van der Waals surface area contributed by atoms with E-state index >= 15 is 0 Å². The fraction of sp³-hybridized carbons (Fsp3) is 0.623. The highest BCUT2D eigenvalue weighted by Gasteiger charge is 2.19. The van der Waals surface area contributed by atoms with Crippen LogP contribution in [0.1, 0.15) is 290 Å². The summed E-state index contributed by atoms with van der Waals surface area (Å²) in [4.78, 5) is 38.2. The number of hydrogen-bond donors (Lipinski definition) is 0. The molecule has 0 N–H and O–H groups in total. The Bertz CT molecular complexity index is 1840. The van der Waals surface area contributed by atoms with Crippen molar-refractivity contribution < 1.29 is 28.6 Å². The average Bonchev–Trinajstić information content (AvgIpc) is 3.50. The molecule has 6 nitrogen and oxygen atoms in total. The first kappa shape index (κ1) is 78.0. The number of ether oxygens (including phenoxy) is 3. The van der Waals surface area contributed by atoms with Crippen LogP contribution in [0.5, 0.6) is 0 Å². The molecule has 1 atom stereocenters. The largest absolute Gasteiger partial charge is 0.462 e. The summed E-state index contributed by atoms with van der Waals surface area (Å²) in [6, 6.07) is 0. The standard InChI is InChI=1S/C77H124O6/c1-4-7-10-13-16-18-20-22-24-26-28-30-32-34-35-36-37-38-39-40-41-43-44-46-48-50-52-54-56-58-61-64-67-70-76(79)82-73-74(72-81-75(78)69-66-63-60-15-12-9-6-3)83-77(80)71-68-65-62-59-57-55-53-51-49-47-45-42-33-31-29-27-25-23-21-19-17-14-11-8-5-2/h7-8,10-11,16-19,22-25,28-31,34-35,37-38,40-42,45,49,51,74H,4-6,9,12-15,20-21,26-27,32-33,36,39,43-44,46-48,50,52-73H2,1-3H3/b10-7-,11-8-,18-16-,19-17-,24-22-,25-23-,30-28-,31-29-,35-34-,38-37-,41-40-,45-42-,51-49-. The van der Waals surface area contributed by atoms with Crippen LogP contribution in [-0.2, 0) is 28.6 Å². The van der Waals surface area contributed by atoms with Crippen molar-refractivity contribution in [3.8, 4) is 0 Å². The molecule has 0 spiro atoms. The van der Waals surface area contributed by atoms with Crippen molar-refractivity contribution in [2.45, 2.75) is 297 Å². The van der Waals surface area contributed by atoms with Gasteiger partial charge in [-0.25, -0.2) is 0 Å². The summed E-state index contributed by atoms with van der Waals surface area (Å²) in [5.74, 6) is -0.913. The molecule has 0 aromatic rings. The van der Waals surface area contributed by atoms with Gasteiger partial charge in [-0.1, -0.05) is 301 Å². The highest BCUT2D eigenvalue weighted by atomic mass is 16.6. The van der Waals surface area contributed by atoms with Crippen LogP contribution in [-0.4, -0.2) is 37.2 Å². The van der Waals surface area contributed by atoms with Crippen LogP contribution in [0.4, 0.5) is 0 Å². The van der Waals surface area contributed by atoms with E-state index < -0.39 is 6.10 Å². The highest BCUT2D eigenvalue weighted by Crippen LogP contribution is 2.15. The molecule has 0 aliphatic carbocycles. The van der Waals surface area contributed by atoms with E-state index in [9.17, 15) is 14.4 Å². The van der Waals surface area contributed by atoms with E-state index in [1.807, 2.05) is 0 Å². The number of allylic oxidation sites excluding steroid dienone is 26. The van der Waals surface area contributed by atoms with Crippen molar-refractivity contribution in [1.82, 2.24) is 0 Å². The molecule has 0 bridgehead atoms. The van der Waals surface area contributed by atoms with Gasteiger partial charge in [0.2, 0.25) is 0 Å². The van der Waals surface area contributed by atoms with Crippen molar-refractivity contribution in [3.05, 3.63) is 158 Å². The van der Waals surface area contributed by atoms with Crippen LogP contribution in [0.2, 0.25) is 0 Å². The molecule has 0 aromatic carbocycles. The Morgan fingerprint density at radius 1 is 0.253 bits per heavy atom. The summed E-state index contributed by atoms with van der Waals surface area (Å²) in [5.41, 5.74) is 0. The van der Waals surface area contributed by atoms with Gasteiger partial charge in [-0.15, -0.1) is 0 Å². The van der Waals surface area contributed by atoms with Gasteiger partial charge in [-0.05, 0) is 128 Å². The van der Waals surface area contributed by atoms with Gasteiger partial charge in [-0.3, -0.25) is 14.4 Å². The van der Waals surface area contributed by atoms with E-state index in [0.29, 0.717) is 19.3 Å². The van der Waals surface area contributed by atoms with Crippen molar-refractivity contribution in [2.24, 2.45) is 0 Å². The second-order valence-corrected chi connectivity index (χ2v) is 22.0. The van der Waals surface area contributed by atoms with Gasteiger partial charge >= 0.3 is 17.9 Å². The number of hydrogen-bond acceptors (Lipinski definition) is 6. The van der Waals surface area contributed by atoms with E-state index in [1.54, 1.807) is 0 Å². The highest BCUT2D eigenvalue weighted by molar-refractivity contribution is 5.71. The number of unbranched alkanes of at least 4 members (excludes halogenated alkanes) is 23. The van der Waals surface area contributed by atoms with Crippen LogP contribution < -0.4 is 0 Å². The monoisotopic (exact) mass is 1140 g/mol. The van der Waals surface area contributed by atoms with Crippen molar-refractivity contribution in [2.75, 3.05) is 13.2 Å². The zero-order chi connectivity index (χ0) is 59.9. The van der Waals surface area contributed by atoms with Crippen LogP contribution in [0.25, 0.3) is 0 Å². The quantitative estimate of drug-likeness (QED) is 0.0261. The fourth-order valence-electron chi connectivity index (χ4n) is 9.01. The molecule has 0 saturated heterocycles. The molecule has 0 fully saturated rings. The van der Waals surface area contributed by atoms with Gasteiger partial charge < -0.3 is 14.2 Å². The van der Waals surface area contributed by atoms with Crippen LogP contribution in [0, 0.1) is 0 Å². The molecule has 0 aromatic heterocycles. The average molecular weight is 1150 g/mol. The molecule has 83 heavy (non-hydrogen) atoms. The van der Waals surface area contributed by atoms with Crippen molar-refractivity contribution in [1.29, 1.82) is 0 Å².